The number of benzene rings is 3. The number of hydrogen-bond donors (Lipinski definition) is 2. The smallest absolute Gasteiger partial charge is 0.347 e. The molecule has 2 N–H and O–H groups in total. The van der Waals surface area contributed by atoms with Crippen LogP contribution in [0.5, 0.6) is 5.75 Å². The third-order valence-corrected chi connectivity index (χ3v) is 8.47. The molecule has 0 aliphatic carbocycles. The van der Waals surface area contributed by atoms with Gasteiger partial charge in [0.05, 0.1) is 11.7 Å². The van der Waals surface area contributed by atoms with Gasteiger partial charge in [-0.15, -0.1) is 0 Å². The van der Waals surface area contributed by atoms with E-state index in [0.717, 1.165) is 4.90 Å². The highest BCUT2D eigenvalue weighted by atomic mass is 35.5. The van der Waals surface area contributed by atoms with E-state index >= 15 is 0 Å². The minimum atomic E-state index is -1.71. The van der Waals surface area contributed by atoms with Gasteiger partial charge in [-0.05, 0) is 79.9 Å². The van der Waals surface area contributed by atoms with Gasteiger partial charge in [-0.2, -0.15) is 0 Å². The molecule has 1 saturated heterocycles. The van der Waals surface area contributed by atoms with Gasteiger partial charge in [0.2, 0.25) is 17.7 Å². The van der Waals surface area contributed by atoms with Crippen molar-refractivity contribution < 1.29 is 33.4 Å². The van der Waals surface area contributed by atoms with Crippen molar-refractivity contribution in [2.24, 2.45) is 0 Å². The van der Waals surface area contributed by atoms with Gasteiger partial charge in [-0.1, -0.05) is 35.3 Å². The highest BCUT2D eigenvalue weighted by Crippen LogP contribution is 2.60. The second-order valence-electron chi connectivity index (χ2n) is 11.0. The number of amides is 3. The van der Waals surface area contributed by atoms with Gasteiger partial charge >= 0.3 is 5.97 Å². The van der Waals surface area contributed by atoms with Crippen LogP contribution in [-0.4, -0.2) is 34.4 Å². The Bertz CT molecular complexity index is 1680. The second-order valence-corrected chi connectivity index (χ2v) is 11.9. The fourth-order valence-corrected chi connectivity index (χ4v) is 6.41. The first kappa shape index (κ1) is 29.5. The van der Waals surface area contributed by atoms with E-state index in [2.05, 4.69) is 5.32 Å². The third kappa shape index (κ3) is 4.61. The van der Waals surface area contributed by atoms with Crippen molar-refractivity contribution in [1.29, 1.82) is 0 Å². The molecule has 3 atom stereocenters. The van der Waals surface area contributed by atoms with Crippen molar-refractivity contribution in [1.82, 2.24) is 5.32 Å². The maximum absolute atomic E-state index is 14.8. The number of carboxylic acid groups (broad SMARTS) is 1. The van der Waals surface area contributed by atoms with Gasteiger partial charge < -0.3 is 15.2 Å². The molecular formula is C31H27Cl2FN2O6. The number of rotatable bonds is 5. The summed E-state index contributed by atoms with van der Waals surface area (Å²) in [5.41, 5.74) is -1.57. The van der Waals surface area contributed by atoms with Gasteiger partial charge in [0.1, 0.15) is 17.0 Å². The summed E-state index contributed by atoms with van der Waals surface area (Å²) >= 11 is 12.8. The number of anilines is 1. The molecule has 0 saturated carbocycles. The van der Waals surface area contributed by atoms with Crippen LogP contribution in [0.3, 0.4) is 0 Å². The van der Waals surface area contributed by atoms with Crippen LogP contribution in [0.15, 0.2) is 54.6 Å². The lowest BCUT2D eigenvalue weighted by atomic mass is 9.58. The number of piperidine rings is 1. The molecule has 2 aliphatic rings. The molecular weight excluding hydrogens is 586 g/mol. The summed E-state index contributed by atoms with van der Waals surface area (Å²) in [5.74, 6) is -4.46. The van der Waals surface area contributed by atoms with E-state index in [1.54, 1.807) is 25.1 Å². The Hall–Kier alpha value is -3.95. The summed E-state index contributed by atoms with van der Waals surface area (Å²) in [6, 6.07) is 12.1. The molecule has 0 radical (unpaired) electrons. The Labute approximate surface area is 251 Å². The Morgan fingerprint density at radius 2 is 1.71 bits per heavy atom. The van der Waals surface area contributed by atoms with E-state index in [0.29, 0.717) is 16.7 Å². The summed E-state index contributed by atoms with van der Waals surface area (Å²) in [6.45, 7) is 5.70. The van der Waals surface area contributed by atoms with Crippen molar-refractivity contribution in [2.45, 2.75) is 57.1 Å². The number of carboxylic acids is 1. The minimum Gasteiger partial charge on any atom is -0.478 e. The number of imide groups is 1. The summed E-state index contributed by atoms with van der Waals surface area (Å²) in [6.07, 6.45) is -0.255. The van der Waals surface area contributed by atoms with E-state index in [4.69, 9.17) is 27.9 Å². The topological polar surface area (TPSA) is 113 Å². The van der Waals surface area contributed by atoms with Crippen LogP contribution in [0.25, 0.3) is 0 Å². The quantitative estimate of drug-likeness (QED) is 0.373. The van der Waals surface area contributed by atoms with Crippen molar-refractivity contribution in [2.75, 3.05) is 4.90 Å². The van der Waals surface area contributed by atoms with Crippen LogP contribution >= 0.6 is 23.2 Å². The molecule has 3 aromatic carbocycles. The highest BCUT2D eigenvalue weighted by Gasteiger charge is 2.64. The second kappa shape index (κ2) is 10.4. The van der Waals surface area contributed by atoms with Crippen molar-refractivity contribution in [3.05, 3.63) is 92.7 Å². The molecule has 0 aromatic heterocycles. The number of fused-ring (bicyclic) bond motifs is 2. The summed E-state index contributed by atoms with van der Waals surface area (Å²) in [4.78, 5) is 54.3. The van der Waals surface area contributed by atoms with Gasteiger partial charge in [0.15, 0.2) is 5.60 Å². The molecule has 3 aromatic rings. The van der Waals surface area contributed by atoms with Gasteiger partial charge in [-0.3, -0.25) is 14.4 Å². The maximum Gasteiger partial charge on any atom is 0.347 e. The van der Waals surface area contributed by atoms with E-state index in [9.17, 15) is 28.7 Å². The number of nitrogens with one attached hydrogen (secondary N) is 1. The highest BCUT2D eigenvalue weighted by molar-refractivity contribution is 6.32. The zero-order chi connectivity index (χ0) is 30.7. The molecule has 3 amide bonds. The molecule has 218 valence electrons. The number of aliphatic carboxylic acids is 1. The lowest BCUT2D eigenvalue weighted by Gasteiger charge is -2.47. The average Bonchev–Trinajstić information content (AvgIpc) is 3.15. The Morgan fingerprint density at radius 3 is 2.38 bits per heavy atom. The van der Waals surface area contributed by atoms with E-state index in [-0.39, 0.29) is 33.5 Å². The molecule has 8 nitrogen and oxygen atoms in total. The van der Waals surface area contributed by atoms with Crippen LogP contribution in [0.4, 0.5) is 10.1 Å². The number of aryl methyl sites for hydroxylation is 1. The van der Waals surface area contributed by atoms with Crippen LogP contribution < -0.4 is 15.0 Å². The first-order valence-corrected chi connectivity index (χ1v) is 13.9. The summed E-state index contributed by atoms with van der Waals surface area (Å²) in [5, 5.41) is 13.2. The van der Waals surface area contributed by atoms with Gasteiger partial charge in [0, 0.05) is 34.9 Å². The lowest BCUT2D eigenvalue weighted by Crippen LogP contribution is -2.58. The molecule has 2 heterocycles. The first-order valence-electron chi connectivity index (χ1n) is 13.1. The molecule has 11 heteroatoms. The molecule has 5 rings (SSSR count). The maximum atomic E-state index is 14.8. The van der Waals surface area contributed by atoms with Crippen LogP contribution in [0.1, 0.15) is 61.4 Å². The number of nitrogens with zero attached hydrogens (tertiary/aromatic N) is 1. The number of ether oxygens (including phenoxy) is 1. The number of hydrogen-bond acceptors (Lipinski definition) is 5. The standard InChI is InChI=1S/C31H27Cl2FN2O6/c1-15-5-8-19(34)13-20(15)27-31(22-9-6-18(33)12-24(22)36(16(2)37)28(31)39)23(14-26(38)35-27)21-11-17(32)7-10-25(21)42-30(3,4)29(40)41/h5-13,23,27H,14H2,1-4H3,(H,35,38)(H,40,41)/t23-,27+,31-/m1/s1. The van der Waals surface area contributed by atoms with Crippen LogP contribution in [-0.2, 0) is 24.6 Å². The van der Waals surface area contributed by atoms with E-state index in [1.165, 1.54) is 57.2 Å². The van der Waals surface area contributed by atoms with Crippen molar-refractivity contribution in [3.63, 3.8) is 0 Å². The largest absolute Gasteiger partial charge is 0.478 e. The molecule has 1 fully saturated rings. The monoisotopic (exact) mass is 612 g/mol. The van der Waals surface area contributed by atoms with Crippen molar-refractivity contribution in [3.8, 4) is 5.75 Å². The SMILES string of the molecule is CC(=O)N1C(=O)[C@]2(c3ccc(Cl)cc31)[C@@H](c1cc(Cl)ccc1OC(C)(C)C(=O)O)CC(=O)N[C@H]2c1cc(F)ccc1C. The third-order valence-electron chi connectivity index (χ3n) is 8.00. The Balaban J connectivity index is 1.89. The molecule has 42 heavy (non-hydrogen) atoms. The first-order chi connectivity index (χ1) is 19.7. The average molecular weight is 613 g/mol. The van der Waals surface area contributed by atoms with Crippen molar-refractivity contribution >= 4 is 52.6 Å². The van der Waals surface area contributed by atoms with E-state index in [1.807, 2.05) is 0 Å². The van der Waals surface area contributed by atoms with E-state index < -0.39 is 52.5 Å². The summed E-state index contributed by atoms with van der Waals surface area (Å²) < 4.78 is 20.7. The van der Waals surface area contributed by atoms with Crippen LogP contribution in [0.2, 0.25) is 10.0 Å². The van der Waals surface area contributed by atoms with Gasteiger partial charge in [0.25, 0.3) is 0 Å². The predicted molar refractivity (Wildman–Crippen MR) is 154 cm³/mol. The summed E-state index contributed by atoms with van der Waals surface area (Å²) in [7, 11) is 0. The van der Waals surface area contributed by atoms with Crippen LogP contribution in [0, 0.1) is 12.7 Å². The Morgan fingerprint density at radius 1 is 1.05 bits per heavy atom. The fraction of sp³-hybridized carbons (Fsp3) is 0.290. The van der Waals surface area contributed by atoms with Gasteiger partial charge in [-0.25, -0.2) is 14.1 Å². The number of carbonyl (C=O) groups is 4. The lowest BCUT2D eigenvalue weighted by molar-refractivity contribution is -0.152. The number of carbonyl (C=O) groups excluding carboxylic acids is 3. The minimum absolute atomic E-state index is 0.0881. The molecule has 0 unspecified atom stereocenters. The normalized spacial score (nSPS) is 21.7. The molecule has 2 aliphatic heterocycles. The Kier molecular flexibility index (Phi) is 7.31. The zero-order valence-electron chi connectivity index (χ0n) is 23.1. The zero-order valence-corrected chi connectivity index (χ0v) is 24.6. The molecule has 1 spiro atoms. The molecule has 0 bridgehead atoms. The fourth-order valence-electron chi connectivity index (χ4n) is 6.06. The predicted octanol–water partition coefficient (Wildman–Crippen LogP) is 5.86. The number of halogens is 3.